The van der Waals surface area contributed by atoms with Crippen LogP contribution in [0.4, 0.5) is 10.8 Å². The number of nitrogens with zero attached hydrogens (tertiary/aromatic N) is 1. The minimum absolute atomic E-state index is 0.201. The van der Waals surface area contributed by atoms with Crippen LogP contribution in [0.5, 0.6) is 0 Å². The highest BCUT2D eigenvalue weighted by molar-refractivity contribution is 7.20. The fraction of sp³-hybridized carbons (Fsp3) is 0.0625. The average molecular weight is 412 g/mol. The highest BCUT2D eigenvalue weighted by atomic mass is 35.5. The standard InChI is InChI=1S/C16H11Cl2N3O2S2/c1-8(22)19-10-4-2-3-9(5-10)15(23)21-16-20-12(7-24-16)11-6-13(17)25-14(11)18/h2-7H,1H3,(H,19,22)(H,20,21,23). The molecule has 2 aromatic heterocycles. The summed E-state index contributed by atoms with van der Waals surface area (Å²) in [6, 6.07) is 8.40. The molecule has 0 saturated heterocycles. The van der Waals surface area contributed by atoms with Crippen LogP contribution in [-0.4, -0.2) is 16.8 Å². The second-order valence-corrected chi connectivity index (χ2v) is 8.14. The number of hydrogen-bond donors (Lipinski definition) is 2. The van der Waals surface area contributed by atoms with Crippen molar-refractivity contribution >= 4 is 68.5 Å². The maximum Gasteiger partial charge on any atom is 0.257 e. The normalized spacial score (nSPS) is 10.5. The number of carbonyl (C=O) groups is 2. The molecule has 2 N–H and O–H groups in total. The van der Waals surface area contributed by atoms with Gasteiger partial charge in [-0.3, -0.25) is 14.9 Å². The number of nitrogens with one attached hydrogen (secondary N) is 2. The first-order chi connectivity index (χ1) is 11.9. The van der Waals surface area contributed by atoms with Gasteiger partial charge in [0, 0.05) is 29.1 Å². The lowest BCUT2D eigenvalue weighted by Gasteiger charge is -2.05. The van der Waals surface area contributed by atoms with Gasteiger partial charge >= 0.3 is 0 Å². The van der Waals surface area contributed by atoms with Gasteiger partial charge in [0.25, 0.3) is 5.91 Å². The number of amides is 2. The van der Waals surface area contributed by atoms with Crippen molar-refractivity contribution in [1.82, 2.24) is 4.98 Å². The van der Waals surface area contributed by atoms with Crippen molar-refractivity contribution in [3.8, 4) is 11.3 Å². The third kappa shape index (κ3) is 4.38. The van der Waals surface area contributed by atoms with Crippen LogP contribution in [-0.2, 0) is 4.79 Å². The van der Waals surface area contributed by atoms with E-state index in [1.807, 2.05) is 0 Å². The van der Waals surface area contributed by atoms with Crippen LogP contribution in [0.15, 0.2) is 35.7 Å². The Kier molecular flexibility index (Phi) is 5.39. The van der Waals surface area contributed by atoms with Gasteiger partial charge < -0.3 is 5.32 Å². The van der Waals surface area contributed by atoms with Crippen molar-refractivity contribution in [2.45, 2.75) is 6.92 Å². The van der Waals surface area contributed by atoms with Gasteiger partial charge in [-0.15, -0.1) is 22.7 Å². The van der Waals surface area contributed by atoms with Crippen LogP contribution in [0.25, 0.3) is 11.3 Å². The van der Waals surface area contributed by atoms with Crippen molar-refractivity contribution in [2.24, 2.45) is 0 Å². The summed E-state index contributed by atoms with van der Waals surface area (Å²) in [4.78, 5) is 27.9. The molecule has 3 rings (SSSR count). The minimum Gasteiger partial charge on any atom is -0.326 e. The molecule has 0 radical (unpaired) electrons. The lowest BCUT2D eigenvalue weighted by atomic mass is 10.2. The Morgan fingerprint density at radius 3 is 2.64 bits per heavy atom. The Balaban J connectivity index is 1.76. The van der Waals surface area contributed by atoms with Gasteiger partial charge in [-0.25, -0.2) is 4.98 Å². The van der Waals surface area contributed by atoms with E-state index >= 15 is 0 Å². The summed E-state index contributed by atoms with van der Waals surface area (Å²) in [7, 11) is 0. The summed E-state index contributed by atoms with van der Waals surface area (Å²) in [5.74, 6) is -0.518. The average Bonchev–Trinajstić information content (AvgIpc) is 3.13. The molecule has 0 atom stereocenters. The Bertz CT molecular complexity index is 953. The summed E-state index contributed by atoms with van der Waals surface area (Å²) >= 11 is 14.6. The van der Waals surface area contributed by atoms with Crippen molar-refractivity contribution in [2.75, 3.05) is 10.6 Å². The predicted octanol–water partition coefficient (Wildman–Crippen LogP) is 5.39. The van der Waals surface area contributed by atoms with Gasteiger partial charge in [0.05, 0.1) is 10.0 Å². The van der Waals surface area contributed by atoms with Gasteiger partial charge in [0.15, 0.2) is 5.13 Å². The van der Waals surface area contributed by atoms with E-state index in [1.165, 1.54) is 29.6 Å². The number of thiazole rings is 1. The summed E-state index contributed by atoms with van der Waals surface area (Å²) in [6.07, 6.45) is 0. The minimum atomic E-state index is -0.317. The van der Waals surface area contributed by atoms with Crippen LogP contribution < -0.4 is 10.6 Å². The quantitative estimate of drug-likeness (QED) is 0.604. The monoisotopic (exact) mass is 411 g/mol. The number of aromatic nitrogens is 1. The zero-order valence-corrected chi connectivity index (χ0v) is 15.9. The SMILES string of the molecule is CC(=O)Nc1cccc(C(=O)Nc2nc(-c3cc(Cl)sc3Cl)cs2)c1. The number of benzene rings is 1. The topological polar surface area (TPSA) is 71.1 Å². The summed E-state index contributed by atoms with van der Waals surface area (Å²) in [5.41, 5.74) is 2.36. The first-order valence-electron chi connectivity index (χ1n) is 7.02. The van der Waals surface area contributed by atoms with E-state index in [0.29, 0.717) is 30.7 Å². The number of rotatable bonds is 4. The highest BCUT2D eigenvalue weighted by Gasteiger charge is 2.14. The number of halogens is 2. The maximum atomic E-state index is 12.4. The van der Waals surface area contributed by atoms with Gasteiger partial charge in [0.1, 0.15) is 4.34 Å². The third-order valence-corrected chi connectivity index (χ3v) is 5.35. The molecular weight excluding hydrogens is 401 g/mol. The summed E-state index contributed by atoms with van der Waals surface area (Å²) in [5, 5.41) is 7.63. The van der Waals surface area contributed by atoms with E-state index in [0.717, 1.165) is 5.56 Å². The van der Waals surface area contributed by atoms with Gasteiger partial charge in [-0.1, -0.05) is 29.3 Å². The zero-order valence-electron chi connectivity index (χ0n) is 12.8. The molecule has 25 heavy (non-hydrogen) atoms. The molecule has 0 aliphatic heterocycles. The first-order valence-corrected chi connectivity index (χ1v) is 9.47. The van der Waals surface area contributed by atoms with Crippen LogP contribution in [0.1, 0.15) is 17.3 Å². The molecule has 0 fully saturated rings. The van der Waals surface area contributed by atoms with Crippen molar-refractivity contribution in [3.63, 3.8) is 0 Å². The van der Waals surface area contributed by atoms with Crippen LogP contribution >= 0.6 is 45.9 Å². The van der Waals surface area contributed by atoms with Crippen LogP contribution in [0.2, 0.25) is 8.67 Å². The number of carbonyl (C=O) groups excluding carboxylic acids is 2. The fourth-order valence-corrected chi connectivity index (χ4v) is 4.27. The Labute approximate surface area is 161 Å². The molecule has 5 nitrogen and oxygen atoms in total. The van der Waals surface area contributed by atoms with Gasteiger partial charge in [-0.2, -0.15) is 0 Å². The van der Waals surface area contributed by atoms with Gasteiger partial charge in [0.2, 0.25) is 5.91 Å². The molecule has 0 unspecified atom stereocenters. The lowest BCUT2D eigenvalue weighted by Crippen LogP contribution is -2.13. The predicted molar refractivity (Wildman–Crippen MR) is 104 cm³/mol. The summed E-state index contributed by atoms with van der Waals surface area (Å²) < 4.78 is 1.13. The maximum absolute atomic E-state index is 12.4. The second-order valence-electron chi connectivity index (χ2n) is 4.99. The highest BCUT2D eigenvalue weighted by Crippen LogP contribution is 2.39. The van der Waals surface area contributed by atoms with Crippen molar-refractivity contribution in [3.05, 3.63) is 49.9 Å². The smallest absolute Gasteiger partial charge is 0.257 e. The number of hydrogen-bond acceptors (Lipinski definition) is 5. The van der Waals surface area contributed by atoms with Crippen molar-refractivity contribution < 1.29 is 9.59 Å². The van der Waals surface area contributed by atoms with E-state index in [9.17, 15) is 9.59 Å². The van der Waals surface area contributed by atoms with E-state index in [-0.39, 0.29) is 11.8 Å². The molecular formula is C16H11Cl2N3O2S2. The number of anilines is 2. The van der Waals surface area contributed by atoms with E-state index in [1.54, 1.807) is 35.7 Å². The molecule has 2 heterocycles. The molecule has 0 saturated carbocycles. The largest absolute Gasteiger partial charge is 0.326 e. The van der Waals surface area contributed by atoms with E-state index < -0.39 is 0 Å². The number of thiophene rings is 1. The molecule has 3 aromatic rings. The zero-order chi connectivity index (χ0) is 18.0. The fourth-order valence-electron chi connectivity index (χ4n) is 2.08. The van der Waals surface area contributed by atoms with Gasteiger partial charge in [-0.05, 0) is 24.3 Å². The van der Waals surface area contributed by atoms with Crippen LogP contribution in [0, 0.1) is 0 Å². The first kappa shape index (κ1) is 17.9. The van der Waals surface area contributed by atoms with E-state index in [4.69, 9.17) is 23.2 Å². The lowest BCUT2D eigenvalue weighted by molar-refractivity contribution is -0.114. The molecule has 0 aliphatic rings. The molecule has 0 bridgehead atoms. The van der Waals surface area contributed by atoms with Crippen LogP contribution in [0.3, 0.4) is 0 Å². The Morgan fingerprint density at radius 2 is 1.96 bits per heavy atom. The third-order valence-electron chi connectivity index (χ3n) is 3.10. The molecule has 0 spiro atoms. The molecule has 2 amide bonds. The van der Waals surface area contributed by atoms with Crippen molar-refractivity contribution in [1.29, 1.82) is 0 Å². The molecule has 1 aromatic carbocycles. The second kappa shape index (κ2) is 7.53. The molecule has 9 heteroatoms. The summed E-state index contributed by atoms with van der Waals surface area (Å²) in [6.45, 7) is 1.41. The molecule has 0 aliphatic carbocycles. The van der Waals surface area contributed by atoms with E-state index in [2.05, 4.69) is 15.6 Å². The Morgan fingerprint density at radius 1 is 1.16 bits per heavy atom. The Hall–Kier alpha value is -1.93. The molecule has 128 valence electrons.